The Balaban J connectivity index is 1.77. The van der Waals surface area contributed by atoms with Crippen molar-refractivity contribution in [2.24, 2.45) is 17.3 Å². The highest BCUT2D eigenvalue weighted by Crippen LogP contribution is 2.62. The number of carbonyl (C=O) groups is 2. The minimum Gasteiger partial charge on any atom is -0.497 e. The van der Waals surface area contributed by atoms with Crippen LogP contribution in [0.2, 0.25) is 0 Å². The standard InChI is InChI=1S/C26H37NO4/c1-7-31-24(29)26(23(28)11-8-16(2)3)14-20-21-12-17-9-10-18(30-6)13-19(17)25(20,4)15-22(26)27(21)5/h9-10,13,16,20-22H,7-8,11-12,14-15H2,1-6H3. The van der Waals surface area contributed by atoms with Gasteiger partial charge in [-0.3, -0.25) is 14.5 Å². The van der Waals surface area contributed by atoms with Gasteiger partial charge in [-0.15, -0.1) is 0 Å². The first kappa shape index (κ1) is 22.3. The Morgan fingerprint density at radius 2 is 2.00 bits per heavy atom. The van der Waals surface area contributed by atoms with Crippen LogP contribution in [0.25, 0.3) is 0 Å². The summed E-state index contributed by atoms with van der Waals surface area (Å²) >= 11 is 0. The molecule has 4 bridgehead atoms. The quantitative estimate of drug-likeness (QED) is 0.483. The van der Waals surface area contributed by atoms with Gasteiger partial charge < -0.3 is 9.47 Å². The molecule has 5 rings (SSSR count). The zero-order valence-corrected chi connectivity index (χ0v) is 19.9. The van der Waals surface area contributed by atoms with Crippen molar-refractivity contribution in [3.05, 3.63) is 29.3 Å². The molecule has 5 heteroatoms. The Bertz CT molecular complexity index is 880. The lowest BCUT2D eigenvalue weighted by molar-refractivity contribution is -0.189. The summed E-state index contributed by atoms with van der Waals surface area (Å²) in [6, 6.07) is 6.62. The Morgan fingerprint density at radius 3 is 2.65 bits per heavy atom. The van der Waals surface area contributed by atoms with E-state index in [1.165, 1.54) is 11.1 Å². The molecule has 0 spiro atoms. The maximum Gasteiger partial charge on any atom is 0.321 e. The second-order valence-corrected chi connectivity index (χ2v) is 10.5. The molecule has 2 saturated heterocycles. The molecule has 1 aromatic rings. The lowest BCUT2D eigenvalue weighted by Gasteiger charge is -2.66. The largest absolute Gasteiger partial charge is 0.497 e. The number of nitrogens with zero attached hydrogens (tertiary/aromatic N) is 1. The molecule has 2 aliphatic carbocycles. The molecule has 5 atom stereocenters. The average Bonchev–Trinajstić information content (AvgIpc) is 2.74. The number of carbonyl (C=O) groups excluding carboxylic acids is 2. The summed E-state index contributed by atoms with van der Waals surface area (Å²) in [5, 5.41) is 0. The van der Waals surface area contributed by atoms with E-state index in [1.54, 1.807) is 7.11 Å². The highest BCUT2D eigenvalue weighted by Gasteiger charge is 2.69. The third kappa shape index (κ3) is 3.23. The highest BCUT2D eigenvalue weighted by atomic mass is 16.5. The van der Waals surface area contributed by atoms with E-state index in [2.05, 4.69) is 44.9 Å². The van der Waals surface area contributed by atoms with Crippen LogP contribution in [-0.2, 0) is 26.2 Å². The first-order chi connectivity index (χ1) is 14.7. The number of benzene rings is 1. The lowest BCUT2D eigenvalue weighted by atomic mass is 9.45. The SMILES string of the molecule is CCOC(=O)C1(C(=O)CCC(C)C)CC2C3Cc4ccc(OC)cc4C2(C)CC1N3C. The molecule has 170 valence electrons. The Hall–Kier alpha value is -1.88. The van der Waals surface area contributed by atoms with Crippen LogP contribution >= 0.6 is 0 Å². The predicted molar refractivity (Wildman–Crippen MR) is 120 cm³/mol. The molecule has 4 aliphatic rings. The Morgan fingerprint density at radius 1 is 1.26 bits per heavy atom. The van der Waals surface area contributed by atoms with Gasteiger partial charge in [-0.05, 0) is 80.2 Å². The molecule has 2 heterocycles. The van der Waals surface area contributed by atoms with Crippen molar-refractivity contribution in [3.8, 4) is 5.75 Å². The van der Waals surface area contributed by atoms with Gasteiger partial charge >= 0.3 is 5.97 Å². The third-order valence-corrected chi connectivity index (χ3v) is 8.47. The van der Waals surface area contributed by atoms with Crippen LogP contribution in [0.1, 0.15) is 64.5 Å². The number of likely N-dealkylation sites (N-methyl/N-ethyl adjacent to an activating group) is 1. The smallest absolute Gasteiger partial charge is 0.321 e. The molecule has 5 unspecified atom stereocenters. The maximum atomic E-state index is 13.7. The van der Waals surface area contributed by atoms with Crippen molar-refractivity contribution in [2.45, 2.75) is 77.3 Å². The van der Waals surface area contributed by atoms with Gasteiger partial charge in [-0.25, -0.2) is 0 Å². The number of piperidine rings is 2. The lowest BCUT2D eigenvalue weighted by Crippen LogP contribution is -2.74. The summed E-state index contributed by atoms with van der Waals surface area (Å²) in [6.07, 6.45) is 3.58. The molecule has 1 saturated carbocycles. The number of rotatable bonds is 7. The molecule has 0 radical (unpaired) electrons. The van der Waals surface area contributed by atoms with Gasteiger partial charge in [0.05, 0.1) is 13.7 Å². The van der Waals surface area contributed by atoms with Crippen LogP contribution in [0.5, 0.6) is 5.75 Å². The second kappa shape index (κ2) is 7.91. The minimum atomic E-state index is -1.04. The number of ether oxygens (including phenoxy) is 2. The van der Waals surface area contributed by atoms with Crippen molar-refractivity contribution in [1.82, 2.24) is 4.90 Å². The van der Waals surface area contributed by atoms with Gasteiger partial charge in [0.15, 0.2) is 5.78 Å². The van der Waals surface area contributed by atoms with Crippen LogP contribution in [-0.4, -0.2) is 49.5 Å². The summed E-state index contributed by atoms with van der Waals surface area (Å²) < 4.78 is 11.1. The fourth-order valence-electron chi connectivity index (χ4n) is 6.75. The molecule has 1 aromatic carbocycles. The Labute approximate surface area is 186 Å². The molecule has 0 aromatic heterocycles. The van der Waals surface area contributed by atoms with Gasteiger partial charge in [0.25, 0.3) is 0 Å². The zero-order chi connectivity index (χ0) is 22.6. The summed E-state index contributed by atoms with van der Waals surface area (Å²) in [5.74, 6) is 1.30. The summed E-state index contributed by atoms with van der Waals surface area (Å²) in [6.45, 7) is 8.71. The van der Waals surface area contributed by atoms with E-state index in [0.717, 1.165) is 25.0 Å². The van der Waals surface area contributed by atoms with Crippen LogP contribution in [0.4, 0.5) is 0 Å². The van der Waals surface area contributed by atoms with Crippen molar-refractivity contribution in [2.75, 3.05) is 20.8 Å². The molecule has 0 amide bonds. The third-order valence-electron chi connectivity index (χ3n) is 8.47. The molecule has 0 N–H and O–H groups in total. The molecule has 3 fully saturated rings. The van der Waals surface area contributed by atoms with Crippen LogP contribution in [0.15, 0.2) is 18.2 Å². The number of hydrogen-bond acceptors (Lipinski definition) is 5. The number of ketones is 1. The van der Waals surface area contributed by atoms with E-state index in [9.17, 15) is 9.59 Å². The van der Waals surface area contributed by atoms with Gasteiger partial charge in [0.1, 0.15) is 11.2 Å². The number of methoxy groups -OCH3 is 1. The average molecular weight is 428 g/mol. The maximum absolute atomic E-state index is 13.7. The highest BCUT2D eigenvalue weighted by molar-refractivity contribution is 6.05. The van der Waals surface area contributed by atoms with E-state index in [0.29, 0.717) is 31.4 Å². The van der Waals surface area contributed by atoms with Crippen molar-refractivity contribution in [1.29, 1.82) is 0 Å². The number of Topliss-reactive ketones (excluding diaryl/α,β-unsaturated/α-hetero) is 1. The number of hydrogen-bond donors (Lipinski definition) is 0. The fraction of sp³-hybridized carbons (Fsp3) is 0.692. The van der Waals surface area contributed by atoms with Gasteiger partial charge in [-0.2, -0.15) is 0 Å². The topological polar surface area (TPSA) is 55.8 Å². The van der Waals surface area contributed by atoms with E-state index >= 15 is 0 Å². The minimum absolute atomic E-state index is 0.0711. The predicted octanol–water partition coefficient (Wildman–Crippen LogP) is 4.16. The van der Waals surface area contributed by atoms with Crippen LogP contribution in [0.3, 0.4) is 0 Å². The summed E-state index contributed by atoms with van der Waals surface area (Å²) in [7, 11) is 3.81. The molecular weight excluding hydrogens is 390 g/mol. The van der Waals surface area contributed by atoms with E-state index in [1.807, 2.05) is 13.0 Å². The molecule has 31 heavy (non-hydrogen) atoms. The number of esters is 1. The monoisotopic (exact) mass is 427 g/mol. The van der Waals surface area contributed by atoms with Crippen LogP contribution in [0, 0.1) is 17.3 Å². The fourth-order valence-corrected chi connectivity index (χ4v) is 6.75. The van der Waals surface area contributed by atoms with Gasteiger partial charge in [0, 0.05) is 18.5 Å². The van der Waals surface area contributed by atoms with E-state index in [-0.39, 0.29) is 29.1 Å². The summed E-state index contributed by atoms with van der Waals surface area (Å²) in [5.41, 5.74) is 1.58. The van der Waals surface area contributed by atoms with E-state index < -0.39 is 5.41 Å². The first-order valence-corrected chi connectivity index (χ1v) is 11.8. The first-order valence-electron chi connectivity index (χ1n) is 11.8. The second-order valence-electron chi connectivity index (χ2n) is 10.5. The molecule has 5 nitrogen and oxygen atoms in total. The van der Waals surface area contributed by atoms with Crippen molar-refractivity contribution in [3.63, 3.8) is 0 Å². The zero-order valence-electron chi connectivity index (χ0n) is 19.9. The Kier molecular flexibility index (Phi) is 5.70. The summed E-state index contributed by atoms with van der Waals surface area (Å²) in [4.78, 5) is 29.5. The van der Waals surface area contributed by atoms with Gasteiger partial charge in [0.2, 0.25) is 0 Å². The normalized spacial score (nSPS) is 33.8. The van der Waals surface area contributed by atoms with E-state index in [4.69, 9.17) is 9.47 Å². The van der Waals surface area contributed by atoms with Crippen LogP contribution < -0.4 is 4.74 Å². The molecule has 2 aliphatic heterocycles. The molecular formula is C26H37NO4. The van der Waals surface area contributed by atoms with Gasteiger partial charge in [-0.1, -0.05) is 26.8 Å². The number of fused-ring (bicyclic) bond motifs is 2. The van der Waals surface area contributed by atoms with Crippen molar-refractivity contribution < 1.29 is 19.1 Å². The van der Waals surface area contributed by atoms with Crippen molar-refractivity contribution >= 4 is 11.8 Å².